The van der Waals surface area contributed by atoms with Gasteiger partial charge in [0.25, 0.3) is 17.2 Å². The van der Waals surface area contributed by atoms with Crippen molar-refractivity contribution >= 4 is 40.9 Å². The molecule has 2 aromatic carbocycles. The van der Waals surface area contributed by atoms with Crippen molar-refractivity contribution < 1.29 is 52.8 Å². The van der Waals surface area contributed by atoms with Crippen molar-refractivity contribution in [3.8, 4) is 0 Å². The standard InChI is InChI=1S/C25H23N5O12/c1-13(42-25(34)41-12-15-5-9-17(10-6-15)30(37)38)18-19(27-23(18)32)22(39-2)21(31)20(28-26)24(33)40-11-14-3-7-16(8-4-14)29(35)36/h3-10,13,18-19,22H,11-12H2,1-2H3,(H,27,32)/t13-,18-,19+,22-/m1/s1. The van der Waals surface area contributed by atoms with Crippen LogP contribution >= 0.6 is 0 Å². The molecule has 1 amide bonds. The van der Waals surface area contributed by atoms with Gasteiger partial charge in [0.1, 0.15) is 25.4 Å². The maximum absolute atomic E-state index is 13.0. The Morgan fingerprint density at radius 2 is 1.45 bits per heavy atom. The third-order valence-corrected chi connectivity index (χ3v) is 6.17. The number of nitrogens with one attached hydrogen (secondary N) is 1. The second-order valence-corrected chi connectivity index (χ2v) is 8.81. The van der Waals surface area contributed by atoms with E-state index < -0.39 is 70.1 Å². The molecule has 17 nitrogen and oxygen atoms in total. The van der Waals surface area contributed by atoms with Crippen molar-refractivity contribution in [3.05, 3.63) is 85.4 Å². The van der Waals surface area contributed by atoms with Crippen LogP contribution in [0.15, 0.2) is 48.5 Å². The second kappa shape index (κ2) is 13.7. The van der Waals surface area contributed by atoms with E-state index in [1.165, 1.54) is 55.5 Å². The van der Waals surface area contributed by atoms with Gasteiger partial charge in [-0.1, -0.05) is 0 Å². The molecule has 1 fully saturated rings. The lowest BCUT2D eigenvalue weighted by molar-refractivity contribution is -0.385. The molecule has 3 rings (SSSR count). The molecule has 1 saturated heterocycles. The molecule has 0 radical (unpaired) electrons. The summed E-state index contributed by atoms with van der Waals surface area (Å²) in [5, 5.41) is 23.9. The quantitative estimate of drug-likeness (QED) is 0.0516. The van der Waals surface area contributed by atoms with E-state index in [9.17, 15) is 44.9 Å². The molecule has 0 saturated carbocycles. The number of hydrogen-bond acceptors (Lipinski definition) is 12. The number of amides is 1. The van der Waals surface area contributed by atoms with Crippen molar-refractivity contribution in [2.24, 2.45) is 5.92 Å². The number of nitrogens with zero attached hydrogens (tertiary/aromatic N) is 4. The number of non-ortho nitro benzene ring substituents is 2. The summed E-state index contributed by atoms with van der Waals surface area (Å²) in [7, 11) is 1.10. The number of hydrogen-bond donors (Lipinski definition) is 1. The van der Waals surface area contributed by atoms with Crippen LogP contribution in [0.25, 0.3) is 5.53 Å². The van der Waals surface area contributed by atoms with Gasteiger partial charge in [0, 0.05) is 31.4 Å². The van der Waals surface area contributed by atoms with Gasteiger partial charge in [-0.3, -0.25) is 29.8 Å². The summed E-state index contributed by atoms with van der Waals surface area (Å²) in [5.74, 6) is -4.20. The van der Waals surface area contributed by atoms with E-state index in [-0.39, 0.29) is 18.0 Å². The number of nitro benzene ring substituents is 2. The monoisotopic (exact) mass is 585 g/mol. The lowest BCUT2D eigenvalue weighted by Gasteiger charge is -2.41. The highest BCUT2D eigenvalue weighted by molar-refractivity contribution is 6.63. The molecule has 0 bridgehead atoms. The summed E-state index contributed by atoms with van der Waals surface area (Å²) in [6.45, 7) is 0.679. The Bertz CT molecular complexity index is 1440. The van der Waals surface area contributed by atoms with E-state index in [0.29, 0.717) is 11.1 Å². The largest absolute Gasteiger partial charge is 0.508 e. The van der Waals surface area contributed by atoms with Crippen LogP contribution in [0.4, 0.5) is 16.2 Å². The van der Waals surface area contributed by atoms with Gasteiger partial charge in [0.2, 0.25) is 5.91 Å². The fraction of sp³-hybridized carbons (Fsp3) is 0.320. The zero-order valence-electron chi connectivity index (χ0n) is 22.0. The molecule has 0 aliphatic carbocycles. The molecule has 1 heterocycles. The number of carbonyl (C=O) groups excluding carboxylic acids is 4. The number of esters is 1. The van der Waals surface area contributed by atoms with Gasteiger partial charge in [-0.2, -0.15) is 4.79 Å². The highest BCUT2D eigenvalue weighted by Crippen LogP contribution is 2.27. The average Bonchev–Trinajstić information content (AvgIpc) is 2.95. The number of rotatable bonds is 13. The first-order valence-corrected chi connectivity index (χ1v) is 12.0. The lowest BCUT2D eigenvalue weighted by atomic mass is 9.80. The van der Waals surface area contributed by atoms with Gasteiger partial charge in [-0.25, -0.2) is 9.59 Å². The van der Waals surface area contributed by atoms with Crippen molar-refractivity contribution in [2.75, 3.05) is 7.11 Å². The van der Waals surface area contributed by atoms with Crippen LogP contribution in [-0.2, 0) is 46.5 Å². The predicted molar refractivity (Wildman–Crippen MR) is 137 cm³/mol. The molecule has 0 spiro atoms. The highest BCUT2D eigenvalue weighted by atomic mass is 16.7. The van der Waals surface area contributed by atoms with Gasteiger partial charge in [-0.15, -0.1) is 0 Å². The minimum absolute atomic E-state index is 0.147. The highest BCUT2D eigenvalue weighted by Gasteiger charge is 2.54. The van der Waals surface area contributed by atoms with Crippen LogP contribution in [0, 0.1) is 26.1 Å². The first-order chi connectivity index (χ1) is 20.0. The molecular formula is C25H23N5O12. The second-order valence-electron chi connectivity index (χ2n) is 8.81. The smallest absolute Gasteiger partial charge is 0.452 e. The number of Topliss-reactive ketones (excluding diaryl/α,β-unsaturated/α-hetero) is 1. The van der Waals surface area contributed by atoms with Crippen molar-refractivity contribution in [1.29, 1.82) is 0 Å². The Morgan fingerprint density at radius 3 is 1.88 bits per heavy atom. The van der Waals surface area contributed by atoms with E-state index in [2.05, 4.69) is 10.1 Å². The summed E-state index contributed by atoms with van der Waals surface area (Å²) >= 11 is 0. The molecule has 220 valence electrons. The molecule has 0 aromatic heterocycles. The van der Waals surface area contributed by atoms with E-state index in [1.54, 1.807) is 0 Å². The Hall–Kier alpha value is -5.54. The fourth-order valence-electron chi connectivity index (χ4n) is 3.97. The first kappa shape index (κ1) is 31.0. The molecule has 1 aliphatic rings. The number of ketones is 1. The van der Waals surface area contributed by atoms with E-state index in [4.69, 9.17) is 18.9 Å². The Morgan fingerprint density at radius 1 is 0.952 bits per heavy atom. The normalized spacial score (nSPS) is 16.9. The minimum Gasteiger partial charge on any atom is -0.452 e. The van der Waals surface area contributed by atoms with Crippen LogP contribution in [0.2, 0.25) is 0 Å². The van der Waals surface area contributed by atoms with Crippen molar-refractivity contribution in [3.63, 3.8) is 0 Å². The van der Waals surface area contributed by atoms with E-state index in [0.717, 1.165) is 7.11 Å². The average molecular weight is 585 g/mol. The molecule has 4 atom stereocenters. The Kier molecular flexibility index (Phi) is 10.1. The first-order valence-electron chi connectivity index (χ1n) is 12.0. The SMILES string of the molecule is CO[C@@H](C(=O)C(=[N+]=[N-])C(=O)OCc1ccc([N+](=O)[O-])cc1)[C@H]1NC(=O)[C@@H]1[C@@H](C)OC(=O)OCc1ccc([N+](=O)[O-])cc1. The van der Waals surface area contributed by atoms with Crippen molar-refractivity contribution in [1.82, 2.24) is 5.32 Å². The zero-order valence-corrected chi connectivity index (χ0v) is 22.0. The molecule has 42 heavy (non-hydrogen) atoms. The number of nitro groups is 2. The Balaban J connectivity index is 1.58. The Labute approximate surface area is 236 Å². The number of β-lactam (4-membered cyclic amide) rings is 1. The van der Waals surface area contributed by atoms with Crippen LogP contribution in [0.5, 0.6) is 0 Å². The summed E-state index contributed by atoms with van der Waals surface area (Å²) in [4.78, 5) is 73.0. The number of carbonyl (C=O) groups is 4. The van der Waals surface area contributed by atoms with Gasteiger partial charge >= 0.3 is 17.8 Å². The topological polar surface area (TPSA) is 240 Å². The maximum Gasteiger partial charge on any atom is 0.508 e. The maximum atomic E-state index is 13.0. The molecule has 0 unspecified atom stereocenters. The molecular weight excluding hydrogens is 562 g/mol. The molecule has 17 heteroatoms. The third-order valence-electron chi connectivity index (χ3n) is 6.17. The lowest BCUT2D eigenvalue weighted by Crippen LogP contribution is -2.69. The van der Waals surface area contributed by atoms with Crippen LogP contribution < -0.4 is 5.32 Å². The number of ether oxygens (including phenoxy) is 4. The number of benzene rings is 2. The predicted octanol–water partition coefficient (Wildman–Crippen LogP) is 1.66. The van der Waals surface area contributed by atoms with Crippen LogP contribution in [0.3, 0.4) is 0 Å². The minimum atomic E-state index is -1.55. The van der Waals surface area contributed by atoms with Crippen LogP contribution in [0.1, 0.15) is 18.1 Å². The van der Waals surface area contributed by atoms with Gasteiger partial charge in [0.05, 0.1) is 21.8 Å². The summed E-state index contributed by atoms with van der Waals surface area (Å²) in [6, 6.07) is 9.15. The third kappa shape index (κ3) is 7.35. The van der Waals surface area contributed by atoms with E-state index >= 15 is 0 Å². The van der Waals surface area contributed by atoms with E-state index in [1.807, 2.05) is 0 Å². The molecule has 1 N–H and O–H groups in total. The van der Waals surface area contributed by atoms with Gasteiger partial charge < -0.3 is 29.8 Å². The van der Waals surface area contributed by atoms with Crippen molar-refractivity contribution in [2.45, 2.75) is 38.4 Å². The van der Waals surface area contributed by atoms with Gasteiger partial charge in [0.15, 0.2) is 0 Å². The zero-order chi connectivity index (χ0) is 31.0. The van der Waals surface area contributed by atoms with Crippen LogP contribution in [-0.4, -0.2) is 69.5 Å². The fourth-order valence-corrected chi connectivity index (χ4v) is 3.97. The molecule has 1 aliphatic heterocycles. The number of methoxy groups -OCH3 is 1. The summed E-state index contributed by atoms with van der Waals surface area (Å²) in [5.41, 5.74) is 8.76. The van der Waals surface area contributed by atoms with Gasteiger partial charge in [-0.05, 0) is 42.3 Å². The summed E-state index contributed by atoms with van der Waals surface area (Å²) < 4.78 is 20.3. The summed E-state index contributed by atoms with van der Waals surface area (Å²) in [6.07, 6.45) is -3.85. The molecule has 2 aromatic rings.